The monoisotopic (exact) mass is 570 g/mol. The first-order chi connectivity index (χ1) is 17.1. The molecule has 2 aromatic rings. The zero-order valence-corrected chi connectivity index (χ0v) is 22.5. The van der Waals surface area contributed by atoms with E-state index < -0.39 is 10.0 Å². The standard InChI is InChI=1S/C23H24Cl2N4O5S2/c1-2-33-22(30)5-6-27-23(35)28-7-9-29(10-8-28)36(31,32)21-11-16(15-26)3-4-20(21)34-19-13-17(24)12-18(25)14-19/h3-4,11-14H,2,5-10H2,1H3,(H,27,35). The molecule has 0 radical (unpaired) electrons. The van der Waals surface area contributed by atoms with Crippen LogP contribution in [0.1, 0.15) is 18.9 Å². The largest absolute Gasteiger partial charge is 0.466 e. The zero-order valence-electron chi connectivity index (χ0n) is 19.4. The normalized spacial score (nSPS) is 14.1. The molecule has 3 rings (SSSR count). The fraction of sp³-hybridized carbons (Fsp3) is 0.348. The maximum Gasteiger partial charge on any atom is 0.307 e. The van der Waals surface area contributed by atoms with Gasteiger partial charge in [0.25, 0.3) is 0 Å². The highest BCUT2D eigenvalue weighted by Gasteiger charge is 2.32. The Labute approximate surface area is 225 Å². The van der Waals surface area contributed by atoms with E-state index in [-0.39, 0.29) is 47.4 Å². The Morgan fingerprint density at radius 2 is 1.81 bits per heavy atom. The molecule has 2 aromatic carbocycles. The number of sulfonamides is 1. The van der Waals surface area contributed by atoms with Crippen LogP contribution in [0.15, 0.2) is 41.3 Å². The van der Waals surface area contributed by atoms with Crippen LogP contribution >= 0.6 is 35.4 Å². The van der Waals surface area contributed by atoms with Crippen LogP contribution in [0.3, 0.4) is 0 Å². The Balaban J connectivity index is 1.71. The summed E-state index contributed by atoms with van der Waals surface area (Å²) in [4.78, 5) is 13.2. The van der Waals surface area contributed by atoms with E-state index in [0.717, 1.165) is 0 Å². The summed E-state index contributed by atoms with van der Waals surface area (Å²) in [6, 6.07) is 10.7. The highest BCUT2D eigenvalue weighted by atomic mass is 35.5. The molecule has 1 heterocycles. The van der Waals surface area contributed by atoms with Gasteiger partial charge in [0.15, 0.2) is 5.11 Å². The molecule has 0 saturated carbocycles. The molecule has 0 atom stereocenters. The molecule has 9 nitrogen and oxygen atoms in total. The van der Waals surface area contributed by atoms with Gasteiger partial charge >= 0.3 is 5.97 Å². The lowest BCUT2D eigenvalue weighted by molar-refractivity contribution is -0.142. The maximum atomic E-state index is 13.6. The SMILES string of the molecule is CCOC(=O)CCNC(=S)N1CCN(S(=O)(=O)c2cc(C#N)ccc2Oc2cc(Cl)cc(Cl)c2)CC1. The van der Waals surface area contributed by atoms with Gasteiger partial charge in [-0.1, -0.05) is 23.2 Å². The number of carbonyl (C=O) groups is 1. The van der Waals surface area contributed by atoms with Crippen LogP contribution in [-0.2, 0) is 19.6 Å². The highest BCUT2D eigenvalue weighted by Crippen LogP contribution is 2.34. The quantitative estimate of drug-likeness (QED) is 0.374. The van der Waals surface area contributed by atoms with Gasteiger partial charge < -0.3 is 19.7 Å². The summed E-state index contributed by atoms with van der Waals surface area (Å²) in [6.45, 7) is 3.41. The van der Waals surface area contributed by atoms with Crippen LogP contribution in [0.2, 0.25) is 10.0 Å². The van der Waals surface area contributed by atoms with Gasteiger partial charge in [0.2, 0.25) is 10.0 Å². The number of thiocarbonyl (C=S) groups is 1. The van der Waals surface area contributed by atoms with Crippen LogP contribution in [0, 0.1) is 11.3 Å². The van der Waals surface area contributed by atoms with Gasteiger partial charge in [-0.3, -0.25) is 4.79 Å². The van der Waals surface area contributed by atoms with E-state index in [9.17, 15) is 18.5 Å². The van der Waals surface area contributed by atoms with Gasteiger partial charge in [0, 0.05) is 42.8 Å². The lowest BCUT2D eigenvalue weighted by atomic mass is 10.2. The van der Waals surface area contributed by atoms with Crippen molar-refractivity contribution in [1.29, 1.82) is 5.26 Å². The molecular formula is C23H24Cl2N4O5S2. The molecule has 0 aromatic heterocycles. The number of benzene rings is 2. The summed E-state index contributed by atoms with van der Waals surface area (Å²) in [6.07, 6.45) is 0.179. The summed E-state index contributed by atoms with van der Waals surface area (Å²) in [7, 11) is -4.01. The summed E-state index contributed by atoms with van der Waals surface area (Å²) in [5, 5.41) is 13.4. The highest BCUT2D eigenvalue weighted by molar-refractivity contribution is 7.89. The molecule has 0 aliphatic carbocycles. The minimum absolute atomic E-state index is 0.0471. The number of esters is 1. The molecule has 1 saturated heterocycles. The first-order valence-electron chi connectivity index (χ1n) is 11.0. The zero-order chi connectivity index (χ0) is 26.3. The molecular weight excluding hydrogens is 547 g/mol. The minimum Gasteiger partial charge on any atom is -0.466 e. The second-order valence-electron chi connectivity index (χ2n) is 7.66. The van der Waals surface area contributed by atoms with E-state index in [4.69, 9.17) is 44.9 Å². The van der Waals surface area contributed by atoms with E-state index in [1.807, 2.05) is 11.0 Å². The Hall–Kier alpha value is -2.62. The second-order valence-corrected chi connectivity index (χ2v) is 10.8. The van der Waals surface area contributed by atoms with Gasteiger partial charge in [0.05, 0.1) is 24.7 Å². The number of piperazine rings is 1. The van der Waals surface area contributed by atoms with Crippen molar-refractivity contribution in [3.8, 4) is 17.6 Å². The average molecular weight is 572 g/mol. The second kappa shape index (κ2) is 12.6. The Morgan fingerprint density at radius 1 is 1.14 bits per heavy atom. The molecule has 192 valence electrons. The van der Waals surface area contributed by atoms with Crippen LogP contribution in [-0.4, -0.2) is 68.0 Å². The van der Waals surface area contributed by atoms with Gasteiger partial charge in [-0.25, -0.2) is 8.42 Å². The number of nitrogens with one attached hydrogen (secondary N) is 1. The molecule has 0 spiro atoms. The van der Waals surface area contributed by atoms with Crippen LogP contribution in [0.5, 0.6) is 11.5 Å². The van der Waals surface area contributed by atoms with Crippen molar-refractivity contribution in [2.45, 2.75) is 18.2 Å². The third-order valence-corrected chi connectivity index (χ3v) is 7.95. The number of hydrogen-bond acceptors (Lipinski definition) is 7. The van der Waals surface area contributed by atoms with E-state index in [2.05, 4.69) is 5.32 Å². The van der Waals surface area contributed by atoms with Crippen molar-refractivity contribution in [3.05, 3.63) is 52.0 Å². The summed E-state index contributed by atoms with van der Waals surface area (Å²) < 4.78 is 39.1. The molecule has 1 N–H and O–H groups in total. The number of halogens is 2. The topological polar surface area (TPSA) is 112 Å². The summed E-state index contributed by atoms with van der Waals surface area (Å²) in [5.74, 6) is -0.00925. The van der Waals surface area contributed by atoms with E-state index in [0.29, 0.717) is 41.4 Å². The predicted octanol–water partition coefficient (Wildman–Crippen LogP) is 3.79. The lowest BCUT2D eigenvalue weighted by Crippen LogP contribution is -2.53. The minimum atomic E-state index is -4.01. The number of nitriles is 1. The third kappa shape index (κ3) is 7.21. The number of hydrogen-bond donors (Lipinski definition) is 1. The molecule has 0 unspecified atom stereocenters. The Morgan fingerprint density at radius 3 is 2.42 bits per heavy atom. The number of nitrogens with zero attached hydrogens (tertiary/aromatic N) is 3. The average Bonchev–Trinajstić information content (AvgIpc) is 2.83. The van der Waals surface area contributed by atoms with Crippen molar-refractivity contribution >= 4 is 56.5 Å². The number of ether oxygens (including phenoxy) is 2. The Kier molecular flexibility index (Phi) is 9.76. The fourth-order valence-corrected chi connectivity index (χ4v) is 5.82. The van der Waals surface area contributed by atoms with Crippen molar-refractivity contribution in [1.82, 2.24) is 14.5 Å². The van der Waals surface area contributed by atoms with E-state index in [1.54, 1.807) is 6.92 Å². The summed E-state index contributed by atoms with van der Waals surface area (Å²) in [5.41, 5.74) is 0.177. The molecule has 1 aliphatic rings. The maximum absolute atomic E-state index is 13.6. The smallest absolute Gasteiger partial charge is 0.307 e. The van der Waals surface area contributed by atoms with Gasteiger partial charge in [-0.15, -0.1) is 0 Å². The van der Waals surface area contributed by atoms with Crippen molar-refractivity contribution in [3.63, 3.8) is 0 Å². The molecule has 36 heavy (non-hydrogen) atoms. The predicted molar refractivity (Wildman–Crippen MR) is 140 cm³/mol. The first kappa shape index (κ1) is 28.0. The van der Waals surface area contributed by atoms with E-state index >= 15 is 0 Å². The third-order valence-electron chi connectivity index (χ3n) is 5.19. The van der Waals surface area contributed by atoms with E-state index in [1.165, 1.54) is 40.7 Å². The molecule has 0 amide bonds. The molecule has 1 fully saturated rings. The van der Waals surface area contributed by atoms with Crippen LogP contribution in [0.25, 0.3) is 0 Å². The van der Waals surface area contributed by atoms with Crippen LogP contribution in [0.4, 0.5) is 0 Å². The fourth-order valence-electron chi connectivity index (χ4n) is 3.47. The van der Waals surface area contributed by atoms with Crippen molar-refractivity contribution < 1.29 is 22.7 Å². The molecule has 13 heteroatoms. The molecule has 1 aliphatic heterocycles. The number of carbonyl (C=O) groups excluding carboxylic acids is 1. The van der Waals surface area contributed by atoms with Gasteiger partial charge in [-0.05, 0) is 55.5 Å². The lowest BCUT2D eigenvalue weighted by Gasteiger charge is -2.35. The van der Waals surface area contributed by atoms with Crippen molar-refractivity contribution in [2.24, 2.45) is 0 Å². The van der Waals surface area contributed by atoms with Gasteiger partial charge in [-0.2, -0.15) is 9.57 Å². The van der Waals surface area contributed by atoms with Gasteiger partial charge in [0.1, 0.15) is 16.4 Å². The Bertz CT molecular complexity index is 1260. The number of rotatable bonds is 8. The van der Waals surface area contributed by atoms with Crippen LogP contribution < -0.4 is 10.1 Å². The summed E-state index contributed by atoms with van der Waals surface area (Å²) >= 11 is 17.5. The first-order valence-corrected chi connectivity index (χ1v) is 13.6. The molecule has 0 bridgehead atoms. The van der Waals surface area contributed by atoms with Crippen molar-refractivity contribution in [2.75, 3.05) is 39.3 Å².